The molecule has 4 amide bonds. The monoisotopic (exact) mass is 918 g/mol. The summed E-state index contributed by atoms with van der Waals surface area (Å²) in [6.07, 6.45) is 5.49. The number of aromatic nitrogens is 8. The summed E-state index contributed by atoms with van der Waals surface area (Å²) in [5.74, 6) is -0.817. The Morgan fingerprint density at radius 2 is 1.37 bits per heavy atom. The van der Waals surface area contributed by atoms with Gasteiger partial charge in [0.05, 0.1) is 42.6 Å². The molecule has 67 heavy (non-hydrogen) atoms. The summed E-state index contributed by atoms with van der Waals surface area (Å²) in [6, 6.07) is 9.72. The number of ether oxygens (including phenoxy) is 3. The summed E-state index contributed by atoms with van der Waals surface area (Å²) in [7, 11) is 1.46. The minimum Gasteiger partial charge on any atom is -0.494 e. The van der Waals surface area contributed by atoms with E-state index in [0.717, 1.165) is 12.8 Å². The lowest BCUT2D eigenvalue weighted by Gasteiger charge is -2.27. The Bertz CT molecular complexity index is 2910. The van der Waals surface area contributed by atoms with Gasteiger partial charge in [-0.05, 0) is 104 Å². The summed E-state index contributed by atoms with van der Waals surface area (Å²) in [6.45, 7) is 14.8. The van der Waals surface area contributed by atoms with Crippen molar-refractivity contribution >= 4 is 57.6 Å². The highest BCUT2D eigenvalue weighted by atomic mass is 16.6. The van der Waals surface area contributed by atoms with Crippen LogP contribution in [0.2, 0.25) is 0 Å². The molecule has 4 aromatic heterocycles. The van der Waals surface area contributed by atoms with Crippen LogP contribution in [0.4, 0.5) is 10.7 Å². The largest absolute Gasteiger partial charge is 0.494 e. The van der Waals surface area contributed by atoms with Crippen LogP contribution in [-0.2, 0) is 37.3 Å². The number of rotatable bonds is 20. The van der Waals surface area contributed by atoms with Crippen LogP contribution in [0, 0.1) is 13.8 Å². The fraction of sp³-hybridized carbons (Fsp3) is 0.426. The van der Waals surface area contributed by atoms with Gasteiger partial charge in [0, 0.05) is 49.9 Å². The van der Waals surface area contributed by atoms with E-state index in [2.05, 4.69) is 15.5 Å². The van der Waals surface area contributed by atoms with Gasteiger partial charge in [-0.15, -0.1) is 0 Å². The number of carbonyl (C=O) groups excluding carboxylic acids is 5. The van der Waals surface area contributed by atoms with Gasteiger partial charge < -0.3 is 39.7 Å². The van der Waals surface area contributed by atoms with Crippen LogP contribution in [0.15, 0.2) is 48.6 Å². The summed E-state index contributed by atoms with van der Waals surface area (Å²) < 4.78 is 24.7. The predicted molar refractivity (Wildman–Crippen MR) is 250 cm³/mol. The van der Waals surface area contributed by atoms with E-state index in [1.54, 1.807) is 50.0 Å². The first-order chi connectivity index (χ1) is 31.9. The Labute approximate surface area is 387 Å². The van der Waals surface area contributed by atoms with Crippen LogP contribution in [0.5, 0.6) is 11.5 Å². The van der Waals surface area contributed by atoms with Gasteiger partial charge >= 0.3 is 6.09 Å². The van der Waals surface area contributed by atoms with E-state index in [9.17, 15) is 24.0 Å². The van der Waals surface area contributed by atoms with Crippen molar-refractivity contribution in [2.24, 2.45) is 11.5 Å². The second-order valence-electron chi connectivity index (χ2n) is 17.4. The number of benzene rings is 2. The molecule has 1 fully saturated rings. The molecule has 1 aliphatic carbocycles. The molecule has 354 valence electrons. The summed E-state index contributed by atoms with van der Waals surface area (Å²) in [4.78, 5) is 77.1. The maximum Gasteiger partial charge on any atom is 0.410 e. The van der Waals surface area contributed by atoms with Crippen molar-refractivity contribution in [3.63, 3.8) is 0 Å². The number of allylic oxidation sites excluding steroid dienone is 2. The third kappa shape index (κ3) is 10.6. The Morgan fingerprint density at radius 1 is 0.806 bits per heavy atom. The zero-order chi connectivity index (χ0) is 48.3. The number of anilines is 1. The highest BCUT2D eigenvalue weighted by Gasteiger charge is 2.35. The first kappa shape index (κ1) is 47.5. The smallest absolute Gasteiger partial charge is 0.410 e. The quantitative estimate of drug-likeness (QED) is 0.0471. The summed E-state index contributed by atoms with van der Waals surface area (Å²) in [5, 5.41) is 11.8. The Balaban J connectivity index is 1.24. The third-order valence-electron chi connectivity index (χ3n) is 11.1. The second-order valence-corrected chi connectivity index (χ2v) is 17.4. The molecule has 0 saturated heterocycles. The van der Waals surface area contributed by atoms with E-state index in [1.807, 2.05) is 58.3 Å². The molecule has 1 aliphatic rings. The second kappa shape index (κ2) is 19.5. The van der Waals surface area contributed by atoms with E-state index in [0.29, 0.717) is 88.2 Å². The normalized spacial score (nSPS) is 12.8. The first-order valence-electron chi connectivity index (χ1n) is 22.3. The van der Waals surface area contributed by atoms with Gasteiger partial charge in [-0.25, -0.2) is 14.8 Å². The topological polar surface area (TPSA) is 252 Å². The molecular formula is C47H58N12O8. The van der Waals surface area contributed by atoms with Crippen LogP contribution in [-0.4, -0.2) is 105 Å². The van der Waals surface area contributed by atoms with Crippen molar-refractivity contribution in [1.29, 1.82) is 0 Å². The molecule has 2 aromatic carbocycles. The highest BCUT2D eigenvalue weighted by molar-refractivity contribution is 6.04. The fourth-order valence-electron chi connectivity index (χ4n) is 7.95. The molecule has 0 aliphatic heterocycles. The molecule has 20 nitrogen and oxygen atoms in total. The first-order valence-corrected chi connectivity index (χ1v) is 22.3. The van der Waals surface area contributed by atoms with Crippen molar-refractivity contribution in [3.05, 3.63) is 88.3 Å². The number of amides is 4. The number of methoxy groups -OCH3 is 1. The van der Waals surface area contributed by atoms with Crippen molar-refractivity contribution in [3.8, 4) is 11.5 Å². The van der Waals surface area contributed by atoms with Gasteiger partial charge in [0.15, 0.2) is 5.78 Å². The molecule has 6 aromatic rings. The zero-order valence-electron chi connectivity index (χ0n) is 39.2. The minimum atomic E-state index is -0.686. The van der Waals surface area contributed by atoms with E-state index in [1.165, 1.54) is 19.2 Å². The molecule has 0 bridgehead atoms. The Kier molecular flexibility index (Phi) is 13.8. The summed E-state index contributed by atoms with van der Waals surface area (Å²) >= 11 is 0. The average Bonchev–Trinajstić information content (AvgIpc) is 3.58. The van der Waals surface area contributed by atoms with E-state index in [4.69, 9.17) is 35.6 Å². The predicted octanol–water partition coefficient (Wildman–Crippen LogP) is 5.74. The van der Waals surface area contributed by atoms with E-state index >= 15 is 0 Å². The summed E-state index contributed by atoms with van der Waals surface area (Å²) in [5.41, 5.74) is 15.1. The molecule has 0 unspecified atom stereocenters. The van der Waals surface area contributed by atoms with Crippen LogP contribution in [0.3, 0.4) is 0 Å². The molecule has 20 heteroatoms. The minimum absolute atomic E-state index is 0.109. The van der Waals surface area contributed by atoms with Gasteiger partial charge in [-0.3, -0.25) is 33.9 Å². The standard InChI is InChI=1S/C47H58N12O8/c1-9-58-34(20-27(3)53-58)36(60)26-39-50-32-22-30(43(49)62)25-38(66-19-13-18-55(31-14-15-31)46(64)67-47(5,6)7)41(32)56(39)16-11-12-17-57-40-33(23-29(42(48)61)24-37(40)65-8)51-45(57)52-44(63)35-21-28(4)54-59(35)10-2/h11-12,20-25,31H,9-10,13-19,26H2,1-8H3,(H2,48,61)(H2,49,62)(H,51,52,63)/b12-11+. The number of primary amides is 2. The van der Waals surface area contributed by atoms with Crippen molar-refractivity contribution in [2.45, 2.75) is 112 Å². The lowest BCUT2D eigenvalue weighted by atomic mass is 10.1. The van der Waals surface area contributed by atoms with Crippen molar-refractivity contribution in [2.75, 3.05) is 25.6 Å². The number of ketones is 1. The molecule has 4 heterocycles. The van der Waals surface area contributed by atoms with Crippen LogP contribution < -0.4 is 26.3 Å². The van der Waals surface area contributed by atoms with E-state index in [-0.39, 0.29) is 61.1 Å². The fourth-order valence-corrected chi connectivity index (χ4v) is 7.95. The molecule has 0 spiro atoms. The molecule has 1 saturated carbocycles. The van der Waals surface area contributed by atoms with Crippen LogP contribution in [0.25, 0.3) is 22.1 Å². The number of hydrogen-bond acceptors (Lipinski definition) is 12. The Hall–Kier alpha value is -7.51. The van der Waals surface area contributed by atoms with Crippen LogP contribution >= 0.6 is 0 Å². The van der Waals surface area contributed by atoms with Gasteiger partial charge in [-0.2, -0.15) is 10.2 Å². The number of aryl methyl sites for hydroxylation is 4. The van der Waals surface area contributed by atoms with Gasteiger partial charge in [-0.1, -0.05) is 12.2 Å². The maximum atomic E-state index is 14.0. The lowest BCUT2D eigenvalue weighted by Crippen LogP contribution is -2.39. The molecule has 0 atom stereocenters. The highest BCUT2D eigenvalue weighted by Crippen LogP contribution is 2.33. The van der Waals surface area contributed by atoms with Crippen molar-refractivity contribution in [1.82, 2.24) is 43.6 Å². The van der Waals surface area contributed by atoms with Gasteiger partial charge in [0.2, 0.25) is 17.8 Å². The molecule has 7 rings (SSSR count). The SMILES string of the molecule is CCn1nc(C)cc1C(=O)Cc1nc2cc(C(N)=O)cc(OCCCN(C(=O)OC(C)(C)C)C3CC3)c2n1C/C=C/Cn1c(NC(=O)c2cc(C)nn2CC)nc2cc(C(N)=O)cc(OC)c21. The number of imidazole rings is 2. The number of carbonyl (C=O) groups is 5. The lowest BCUT2D eigenvalue weighted by molar-refractivity contribution is 0.0225. The molecule has 0 radical (unpaired) electrons. The Morgan fingerprint density at radius 3 is 1.96 bits per heavy atom. The van der Waals surface area contributed by atoms with E-state index < -0.39 is 23.3 Å². The number of nitrogens with two attached hydrogens (primary N) is 2. The van der Waals surface area contributed by atoms with Crippen LogP contribution in [0.1, 0.15) is 113 Å². The number of Topliss-reactive ketones (excluding diaryl/α,β-unsaturated/α-hetero) is 1. The zero-order valence-corrected chi connectivity index (χ0v) is 39.2. The number of fused-ring (bicyclic) bond motifs is 2. The third-order valence-corrected chi connectivity index (χ3v) is 11.1. The molecule has 5 N–H and O–H groups in total. The average molecular weight is 919 g/mol. The molecular weight excluding hydrogens is 861 g/mol. The van der Waals surface area contributed by atoms with Gasteiger partial charge in [0.25, 0.3) is 5.91 Å². The van der Waals surface area contributed by atoms with Crippen molar-refractivity contribution < 1.29 is 38.2 Å². The number of nitrogens with one attached hydrogen (secondary N) is 1. The maximum absolute atomic E-state index is 14.0. The van der Waals surface area contributed by atoms with Gasteiger partial charge in [0.1, 0.15) is 45.3 Å². The number of nitrogens with zero attached hydrogens (tertiary/aromatic N) is 9. The number of hydrogen-bond donors (Lipinski definition) is 3.